The van der Waals surface area contributed by atoms with Crippen molar-refractivity contribution in [3.8, 4) is 0 Å². The third kappa shape index (κ3) is 5.23. The number of carbonyl (C=O) groups is 3. The number of nitrogens with zero attached hydrogens (tertiary/aromatic N) is 2. The van der Waals surface area contributed by atoms with Crippen molar-refractivity contribution >= 4 is 40.9 Å². The largest absolute Gasteiger partial charge is 0.481 e. The molecule has 0 bridgehead atoms. The first-order valence-corrected chi connectivity index (χ1v) is 9.24. The summed E-state index contributed by atoms with van der Waals surface area (Å²) in [6, 6.07) is 11.0. The molecule has 0 aliphatic rings. The number of nitrogens with one attached hydrogen (secondary N) is 2. The Balaban J connectivity index is 1.79. The lowest BCUT2D eigenvalue weighted by molar-refractivity contribution is -0.136. The van der Waals surface area contributed by atoms with Crippen molar-refractivity contribution in [2.45, 2.75) is 6.42 Å². The molecule has 0 saturated heterocycles. The second-order valence-electron chi connectivity index (χ2n) is 6.30. The number of hydrogen-bond donors (Lipinski definition) is 3. The van der Waals surface area contributed by atoms with Crippen molar-refractivity contribution in [1.82, 2.24) is 10.2 Å². The molecule has 160 valence electrons. The fraction of sp³-hybridized carbons (Fsp3) is 0.100. The number of amides is 2. The number of anilines is 2. The molecule has 0 spiro atoms. The first-order chi connectivity index (χ1) is 14.8. The van der Waals surface area contributed by atoms with Gasteiger partial charge < -0.3 is 15.3 Å². The standard InChI is InChI=1S/C20H15ClF2N4O4/c21-13-9-15(23)14(22)8-12(13)19(30)24-17-10-16(25-26-17)20(31)27(7-6-18(28)29)11-4-2-1-3-5-11/h1-5,8-10H,6-7H2,(H,28,29)(H2,24,25,26,30). The summed E-state index contributed by atoms with van der Waals surface area (Å²) in [6.07, 6.45) is -0.285. The second kappa shape index (κ2) is 9.35. The van der Waals surface area contributed by atoms with Crippen molar-refractivity contribution in [2.75, 3.05) is 16.8 Å². The van der Waals surface area contributed by atoms with Gasteiger partial charge in [0.25, 0.3) is 11.8 Å². The van der Waals surface area contributed by atoms with Gasteiger partial charge in [-0.2, -0.15) is 5.10 Å². The number of aromatic nitrogens is 2. The van der Waals surface area contributed by atoms with Crippen molar-refractivity contribution in [1.29, 1.82) is 0 Å². The quantitative estimate of drug-likeness (QED) is 0.476. The molecule has 0 unspecified atom stereocenters. The highest BCUT2D eigenvalue weighted by molar-refractivity contribution is 6.34. The maximum Gasteiger partial charge on any atom is 0.305 e. The zero-order valence-electron chi connectivity index (χ0n) is 15.7. The Labute approximate surface area is 179 Å². The first kappa shape index (κ1) is 21.9. The molecule has 1 heterocycles. The van der Waals surface area contributed by atoms with Gasteiger partial charge in [-0.1, -0.05) is 29.8 Å². The maximum atomic E-state index is 13.4. The van der Waals surface area contributed by atoms with Gasteiger partial charge in [-0.05, 0) is 24.3 Å². The average molecular weight is 449 g/mol. The molecule has 2 amide bonds. The Morgan fingerprint density at radius 1 is 1.10 bits per heavy atom. The topological polar surface area (TPSA) is 115 Å². The number of carboxylic acids is 1. The number of aliphatic carboxylic acids is 1. The molecule has 0 saturated carbocycles. The summed E-state index contributed by atoms with van der Waals surface area (Å²) in [7, 11) is 0. The third-order valence-corrected chi connectivity index (χ3v) is 4.48. The maximum absolute atomic E-state index is 13.4. The van der Waals surface area contributed by atoms with Crippen LogP contribution >= 0.6 is 11.6 Å². The number of H-pyrrole nitrogens is 1. The first-order valence-electron chi connectivity index (χ1n) is 8.86. The minimum Gasteiger partial charge on any atom is -0.481 e. The number of rotatable bonds is 7. The van der Waals surface area contributed by atoms with E-state index in [0.717, 1.165) is 0 Å². The highest BCUT2D eigenvalue weighted by Crippen LogP contribution is 2.22. The summed E-state index contributed by atoms with van der Waals surface area (Å²) in [6.45, 7) is -0.0939. The normalized spacial score (nSPS) is 10.5. The number of aromatic amines is 1. The molecule has 31 heavy (non-hydrogen) atoms. The van der Waals surface area contributed by atoms with Crippen LogP contribution in [0.2, 0.25) is 5.02 Å². The van der Waals surface area contributed by atoms with E-state index in [4.69, 9.17) is 16.7 Å². The van der Waals surface area contributed by atoms with E-state index in [-0.39, 0.29) is 35.1 Å². The minimum atomic E-state index is -1.25. The molecule has 0 radical (unpaired) electrons. The monoisotopic (exact) mass is 448 g/mol. The third-order valence-electron chi connectivity index (χ3n) is 4.17. The molecule has 8 nitrogen and oxygen atoms in total. The lowest BCUT2D eigenvalue weighted by Crippen LogP contribution is -2.33. The molecule has 0 aliphatic heterocycles. The zero-order valence-corrected chi connectivity index (χ0v) is 16.5. The minimum absolute atomic E-state index is 0.0269. The van der Waals surface area contributed by atoms with E-state index in [2.05, 4.69) is 15.5 Å². The van der Waals surface area contributed by atoms with E-state index >= 15 is 0 Å². The fourth-order valence-corrected chi connectivity index (χ4v) is 2.92. The van der Waals surface area contributed by atoms with Gasteiger partial charge in [-0.15, -0.1) is 0 Å². The smallest absolute Gasteiger partial charge is 0.305 e. The van der Waals surface area contributed by atoms with Gasteiger partial charge in [0.15, 0.2) is 17.5 Å². The number of benzene rings is 2. The van der Waals surface area contributed by atoms with Crippen molar-refractivity contribution in [2.24, 2.45) is 0 Å². The lowest BCUT2D eigenvalue weighted by Gasteiger charge is -2.21. The summed E-state index contributed by atoms with van der Waals surface area (Å²) >= 11 is 5.78. The van der Waals surface area contributed by atoms with Crippen LogP contribution in [-0.4, -0.2) is 39.6 Å². The predicted molar refractivity (Wildman–Crippen MR) is 108 cm³/mol. The van der Waals surface area contributed by atoms with Gasteiger partial charge in [0, 0.05) is 18.3 Å². The highest BCUT2D eigenvalue weighted by Gasteiger charge is 2.22. The molecular formula is C20H15ClF2N4O4. The van der Waals surface area contributed by atoms with E-state index in [1.165, 1.54) is 11.0 Å². The van der Waals surface area contributed by atoms with E-state index in [1.54, 1.807) is 30.3 Å². The second-order valence-corrected chi connectivity index (χ2v) is 6.71. The number of carbonyl (C=O) groups excluding carboxylic acids is 2. The van der Waals surface area contributed by atoms with Crippen LogP contribution in [0.25, 0.3) is 0 Å². The van der Waals surface area contributed by atoms with Gasteiger partial charge in [-0.25, -0.2) is 8.78 Å². The van der Waals surface area contributed by atoms with E-state index in [9.17, 15) is 23.2 Å². The average Bonchev–Trinajstić information content (AvgIpc) is 3.19. The SMILES string of the molecule is O=C(O)CCN(C(=O)c1cc(NC(=O)c2cc(F)c(F)cc2Cl)n[nH]1)c1ccccc1. The summed E-state index contributed by atoms with van der Waals surface area (Å²) in [5.74, 6) is -5.03. The Morgan fingerprint density at radius 3 is 2.45 bits per heavy atom. The Morgan fingerprint density at radius 2 is 1.77 bits per heavy atom. The van der Waals surface area contributed by atoms with E-state index in [0.29, 0.717) is 17.8 Å². The number of halogens is 3. The highest BCUT2D eigenvalue weighted by atomic mass is 35.5. The van der Waals surface area contributed by atoms with E-state index < -0.39 is 29.4 Å². The predicted octanol–water partition coefficient (Wildman–Crippen LogP) is 3.72. The molecular weight excluding hydrogens is 434 g/mol. The number of para-hydroxylation sites is 1. The lowest BCUT2D eigenvalue weighted by atomic mass is 10.2. The van der Waals surface area contributed by atoms with Crippen LogP contribution in [0.15, 0.2) is 48.5 Å². The molecule has 3 rings (SSSR count). The molecule has 0 atom stereocenters. The van der Waals surface area contributed by atoms with Crippen LogP contribution < -0.4 is 10.2 Å². The van der Waals surface area contributed by atoms with Gasteiger partial charge >= 0.3 is 5.97 Å². The van der Waals surface area contributed by atoms with Gasteiger partial charge in [0.05, 0.1) is 17.0 Å². The van der Waals surface area contributed by atoms with Crippen LogP contribution in [0.3, 0.4) is 0 Å². The molecule has 3 N–H and O–H groups in total. The molecule has 11 heteroatoms. The fourth-order valence-electron chi connectivity index (χ4n) is 2.68. The van der Waals surface area contributed by atoms with Crippen LogP contribution in [0.1, 0.15) is 27.3 Å². The summed E-state index contributed by atoms with van der Waals surface area (Å²) in [5.41, 5.74) is 0.132. The van der Waals surface area contributed by atoms with Crippen LogP contribution in [0.5, 0.6) is 0 Å². The van der Waals surface area contributed by atoms with Crippen LogP contribution in [-0.2, 0) is 4.79 Å². The molecule has 1 aromatic heterocycles. The van der Waals surface area contributed by atoms with Crippen LogP contribution in [0, 0.1) is 11.6 Å². The van der Waals surface area contributed by atoms with Crippen LogP contribution in [0.4, 0.5) is 20.3 Å². The Bertz CT molecular complexity index is 1140. The molecule has 3 aromatic rings. The van der Waals surface area contributed by atoms with Crippen molar-refractivity contribution < 1.29 is 28.3 Å². The van der Waals surface area contributed by atoms with Gasteiger partial charge in [0.1, 0.15) is 5.69 Å². The number of carboxylic acid groups (broad SMARTS) is 1. The number of hydrogen-bond acceptors (Lipinski definition) is 4. The Kier molecular flexibility index (Phi) is 6.61. The van der Waals surface area contributed by atoms with Gasteiger partial charge in [-0.3, -0.25) is 19.5 Å². The van der Waals surface area contributed by atoms with Gasteiger partial charge in [0.2, 0.25) is 0 Å². The van der Waals surface area contributed by atoms with Crippen molar-refractivity contribution in [3.63, 3.8) is 0 Å². The summed E-state index contributed by atoms with van der Waals surface area (Å²) in [5, 5.41) is 17.3. The summed E-state index contributed by atoms with van der Waals surface area (Å²) < 4.78 is 26.6. The van der Waals surface area contributed by atoms with Crippen molar-refractivity contribution in [3.05, 3.63) is 76.4 Å². The molecule has 0 fully saturated rings. The Hall–Kier alpha value is -3.79. The zero-order chi connectivity index (χ0) is 22.5. The molecule has 2 aromatic carbocycles. The molecule has 0 aliphatic carbocycles. The summed E-state index contributed by atoms with van der Waals surface area (Å²) in [4.78, 5) is 37.4. The van der Waals surface area contributed by atoms with E-state index in [1.807, 2.05) is 0 Å².